The maximum Gasteiger partial charge on any atom is 0 e. The van der Waals surface area contributed by atoms with Crippen LogP contribution in [0.5, 0.6) is 0 Å². The summed E-state index contributed by atoms with van der Waals surface area (Å²) in [6, 6.07) is 0. The van der Waals surface area contributed by atoms with Crippen LogP contribution in [0.4, 0.5) is 0 Å². The molecule has 1 atom stereocenters. The third-order valence-corrected chi connectivity index (χ3v) is 2.12. The van der Waals surface area contributed by atoms with Crippen LogP contribution >= 0.6 is 0 Å². The van der Waals surface area contributed by atoms with Crippen LogP contribution in [-0.4, -0.2) is 5.71 Å². The van der Waals surface area contributed by atoms with Crippen molar-refractivity contribution in [2.24, 2.45) is 5.92 Å². The SMILES string of the molecule is C=CC(C)C(C)=[N-].[CH]1[CH][CH][CH][CH]1.[CH]1[CH][CH][CH][CH]1.[Ti]. The van der Waals surface area contributed by atoms with Gasteiger partial charge in [0, 0.05) is 21.7 Å². The predicted molar refractivity (Wildman–Crippen MR) is 76.4 cm³/mol. The van der Waals surface area contributed by atoms with Gasteiger partial charge in [0.25, 0.3) is 0 Å². The normalized spacial score (nSPS) is 18.3. The first kappa shape index (κ1) is 20.4. The molecule has 0 aliphatic heterocycles. The Labute approximate surface area is 129 Å². The quantitative estimate of drug-likeness (QED) is 0.414. The van der Waals surface area contributed by atoms with Gasteiger partial charge in [-0.15, -0.1) is 6.58 Å². The van der Waals surface area contributed by atoms with E-state index < -0.39 is 0 Å². The molecule has 0 aromatic heterocycles. The molecule has 2 fully saturated rings. The third kappa shape index (κ3) is 14.2. The molecule has 0 heterocycles. The second kappa shape index (κ2) is 15.2. The maximum absolute atomic E-state index is 8.67. The summed E-state index contributed by atoms with van der Waals surface area (Å²) in [4.78, 5) is 0. The molecule has 0 saturated heterocycles. The van der Waals surface area contributed by atoms with E-state index >= 15 is 0 Å². The number of hydrogen-bond donors (Lipinski definition) is 0. The molecule has 2 aliphatic rings. The van der Waals surface area contributed by atoms with Crippen molar-refractivity contribution in [3.63, 3.8) is 0 Å². The molecule has 0 bridgehead atoms. The van der Waals surface area contributed by atoms with Crippen molar-refractivity contribution in [1.82, 2.24) is 0 Å². The van der Waals surface area contributed by atoms with E-state index in [0.29, 0.717) is 5.71 Å². The van der Waals surface area contributed by atoms with Crippen LogP contribution in [0.2, 0.25) is 0 Å². The molecule has 94 valence electrons. The summed E-state index contributed by atoms with van der Waals surface area (Å²) in [5, 5.41) is 8.67. The van der Waals surface area contributed by atoms with Crippen LogP contribution in [0.3, 0.4) is 0 Å². The predicted octanol–water partition coefficient (Wildman–Crippen LogP) is 3.88. The molecule has 0 spiro atoms. The molecule has 2 aliphatic carbocycles. The van der Waals surface area contributed by atoms with E-state index in [9.17, 15) is 0 Å². The molecule has 2 heteroatoms. The molecule has 0 N–H and O–H groups in total. The van der Waals surface area contributed by atoms with E-state index in [1.165, 1.54) is 0 Å². The topological polar surface area (TPSA) is 22.3 Å². The van der Waals surface area contributed by atoms with E-state index in [2.05, 4.69) is 6.58 Å². The smallest absolute Gasteiger partial charge is 0 e. The van der Waals surface area contributed by atoms with Crippen LogP contribution in [-0.2, 0) is 21.7 Å². The third-order valence-electron chi connectivity index (χ3n) is 2.12. The average Bonchev–Trinajstić information content (AvgIpc) is 3.04. The minimum Gasteiger partial charge on any atom is -0.811 e. The van der Waals surface area contributed by atoms with Crippen molar-refractivity contribution in [2.75, 3.05) is 0 Å². The fourth-order valence-electron chi connectivity index (χ4n) is 0.812. The summed E-state index contributed by atoms with van der Waals surface area (Å²) in [6.45, 7) is 7.07. The molecular weight excluding hydrogens is 254 g/mol. The molecule has 2 saturated carbocycles. The van der Waals surface area contributed by atoms with Crippen LogP contribution in [0.25, 0.3) is 5.41 Å². The van der Waals surface area contributed by atoms with Crippen LogP contribution in [0, 0.1) is 70.1 Å². The summed E-state index contributed by atoms with van der Waals surface area (Å²) in [7, 11) is 0. The van der Waals surface area contributed by atoms with E-state index in [1.54, 1.807) is 13.0 Å². The fraction of sp³-hybridized carbons (Fsp3) is 0.188. The Hall–Kier alpha value is 0.124. The van der Waals surface area contributed by atoms with Crippen LogP contribution < -0.4 is 0 Å². The Morgan fingerprint density at radius 2 is 1.11 bits per heavy atom. The van der Waals surface area contributed by atoms with Gasteiger partial charge in [-0.1, -0.05) is 19.9 Å². The second-order valence-corrected chi connectivity index (χ2v) is 3.59. The van der Waals surface area contributed by atoms with Gasteiger partial charge in [-0.2, -0.15) is 0 Å². The molecule has 2 rings (SSSR count). The van der Waals surface area contributed by atoms with Gasteiger partial charge in [0.1, 0.15) is 0 Å². The Morgan fingerprint density at radius 3 is 1.17 bits per heavy atom. The monoisotopic (exact) mass is 274 g/mol. The zero-order chi connectivity index (χ0) is 12.9. The molecular formula is C16H20NTi-. The first-order valence-corrected chi connectivity index (χ1v) is 5.66. The van der Waals surface area contributed by atoms with Gasteiger partial charge < -0.3 is 5.41 Å². The van der Waals surface area contributed by atoms with E-state index in [0.717, 1.165) is 0 Å². The average molecular weight is 274 g/mol. The zero-order valence-electron chi connectivity index (χ0n) is 11.1. The van der Waals surface area contributed by atoms with Gasteiger partial charge in [-0.05, 0) is 70.1 Å². The van der Waals surface area contributed by atoms with Crippen molar-refractivity contribution in [1.29, 1.82) is 0 Å². The van der Waals surface area contributed by atoms with Gasteiger partial charge >= 0.3 is 0 Å². The van der Waals surface area contributed by atoms with Gasteiger partial charge in [0.15, 0.2) is 0 Å². The van der Waals surface area contributed by atoms with Crippen molar-refractivity contribution in [3.8, 4) is 0 Å². The number of rotatable bonds is 2. The summed E-state index contributed by atoms with van der Waals surface area (Å²) in [5.41, 5.74) is 0.426. The minimum atomic E-state index is 0. The van der Waals surface area contributed by atoms with E-state index in [1.807, 2.05) is 71.1 Å². The number of hydrogen-bond acceptors (Lipinski definition) is 0. The van der Waals surface area contributed by atoms with Gasteiger partial charge in [0.05, 0.1) is 0 Å². The fourth-order valence-corrected chi connectivity index (χ4v) is 0.812. The van der Waals surface area contributed by atoms with Crippen LogP contribution in [0.15, 0.2) is 12.7 Å². The van der Waals surface area contributed by atoms with Gasteiger partial charge in [-0.25, -0.2) is 5.71 Å². The molecule has 0 amide bonds. The standard InChI is InChI=1S/C6H10N.2C5H5.Ti/c1-4-5(2)6(3)7;2*1-2-4-5-3-1;/h4-5H,1H2,2-3H3;2*1-5H;/q-1;;;. The molecule has 0 aromatic carbocycles. The summed E-state index contributed by atoms with van der Waals surface area (Å²) < 4.78 is 0. The number of allylic oxidation sites excluding steroid dienone is 1. The summed E-state index contributed by atoms with van der Waals surface area (Å²) >= 11 is 0. The Morgan fingerprint density at radius 1 is 0.889 bits per heavy atom. The molecule has 10 radical (unpaired) electrons. The maximum atomic E-state index is 8.67. The molecule has 0 aromatic rings. The molecule has 1 nitrogen and oxygen atoms in total. The first-order valence-electron chi connectivity index (χ1n) is 5.66. The van der Waals surface area contributed by atoms with Gasteiger partial charge in [-0.3, -0.25) is 0 Å². The largest absolute Gasteiger partial charge is 0.811 e. The van der Waals surface area contributed by atoms with E-state index in [-0.39, 0.29) is 27.6 Å². The summed E-state index contributed by atoms with van der Waals surface area (Å²) in [6.07, 6.45) is 21.7. The zero-order valence-corrected chi connectivity index (χ0v) is 12.6. The number of nitrogens with zero attached hydrogens (tertiary/aromatic N) is 1. The molecule has 18 heavy (non-hydrogen) atoms. The van der Waals surface area contributed by atoms with E-state index in [4.69, 9.17) is 5.41 Å². The molecule has 1 unspecified atom stereocenters. The van der Waals surface area contributed by atoms with Gasteiger partial charge in [0.2, 0.25) is 0 Å². The Bertz CT molecular complexity index is 168. The van der Waals surface area contributed by atoms with Crippen LogP contribution in [0.1, 0.15) is 13.8 Å². The minimum absolute atomic E-state index is 0. The van der Waals surface area contributed by atoms with Crippen molar-refractivity contribution in [3.05, 3.63) is 82.3 Å². The Balaban J connectivity index is 0. The van der Waals surface area contributed by atoms with Crippen molar-refractivity contribution in [2.45, 2.75) is 13.8 Å². The first-order chi connectivity index (χ1) is 8.18. The Kier molecular flexibility index (Phi) is 17.2. The van der Waals surface area contributed by atoms with Crippen molar-refractivity contribution < 1.29 is 21.7 Å². The second-order valence-electron chi connectivity index (χ2n) is 3.59. The van der Waals surface area contributed by atoms with Crippen molar-refractivity contribution >= 4 is 5.71 Å². The summed E-state index contributed by atoms with van der Waals surface area (Å²) in [5.74, 6) is 0.139.